The SMILES string of the molecule is CC1C(N)CCC(C(=O)N2CCC(C)(C)C2)C1(C)C. The van der Waals surface area contributed by atoms with Crippen molar-refractivity contribution in [3.05, 3.63) is 0 Å². The van der Waals surface area contributed by atoms with Crippen LogP contribution in [0.3, 0.4) is 0 Å². The molecule has 110 valence electrons. The molecule has 1 saturated heterocycles. The van der Waals surface area contributed by atoms with Gasteiger partial charge in [0.1, 0.15) is 0 Å². The molecule has 2 N–H and O–H groups in total. The van der Waals surface area contributed by atoms with Gasteiger partial charge in [-0.25, -0.2) is 0 Å². The maximum absolute atomic E-state index is 12.8. The van der Waals surface area contributed by atoms with Crippen molar-refractivity contribution in [3.8, 4) is 0 Å². The van der Waals surface area contributed by atoms with Crippen molar-refractivity contribution in [2.75, 3.05) is 13.1 Å². The average Bonchev–Trinajstić information content (AvgIpc) is 2.66. The van der Waals surface area contributed by atoms with E-state index in [1.165, 1.54) is 0 Å². The molecule has 3 heteroatoms. The summed E-state index contributed by atoms with van der Waals surface area (Å²) in [6, 6.07) is 0.245. The van der Waals surface area contributed by atoms with Crippen molar-refractivity contribution in [1.29, 1.82) is 0 Å². The minimum absolute atomic E-state index is 0.0154. The Bertz CT molecular complexity index is 362. The molecule has 3 unspecified atom stereocenters. The van der Waals surface area contributed by atoms with Crippen LogP contribution in [-0.2, 0) is 4.79 Å². The number of likely N-dealkylation sites (tertiary alicyclic amines) is 1. The third kappa shape index (κ3) is 2.67. The fourth-order valence-electron chi connectivity index (χ4n) is 3.81. The highest BCUT2D eigenvalue weighted by molar-refractivity contribution is 5.80. The lowest BCUT2D eigenvalue weighted by Gasteiger charge is -2.47. The van der Waals surface area contributed by atoms with Crippen molar-refractivity contribution >= 4 is 5.91 Å². The molecule has 1 heterocycles. The summed E-state index contributed by atoms with van der Waals surface area (Å²) in [6.07, 6.45) is 3.06. The summed E-state index contributed by atoms with van der Waals surface area (Å²) in [7, 11) is 0. The Morgan fingerprint density at radius 2 is 1.84 bits per heavy atom. The van der Waals surface area contributed by atoms with Crippen LogP contribution in [0.1, 0.15) is 53.9 Å². The van der Waals surface area contributed by atoms with Crippen LogP contribution >= 0.6 is 0 Å². The zero-order valence-electron chi connectivity index (χ0n) is 13.2. The standard InChI is InChI=1S/C16H30N2O/c1-11-13(17)7-6-12(16(11,4)5)14(19)18-9-8-15(2,3)10-18/h11-13H,6-10,17H2,1-5H3. The predicted octanol–water partition coefficient (Wildman–Crippen LogP) is 2.64. The molecule has 1 amide bonds. The van der Waals surface area contributed by atoms with Crippen molar-refractivity contribution in [2.45, 2.75) is 59.9 Å². The molecule has 2 fully saturated rings. The fourth-order valence-corrected chi connectivity index (χ4v) is 3.81. The molecular formula is C16H30N2O. The van der Waals surface area contributed by atoms with E-state index < -0.39 is 0 Å². The number of carbonyl (C=O) groups is 1. The highest BCUT2D eigenvalue weighted by Gasteiger charge is 2.47. The summed E-state index contributed by atoms with van der Waals surface area (Å²) in [6.45, 7) is 13.0. The first-order valence-electron chi connectivity index (χ1n) is 7.69. The molecule has 1 aliphatic heterocycles. The summed E-state index contributed by atoms with van der Waals surface area (Å²) < 4.78 is 0. The van der Waals surface area contributed by atoms with Crippen molar-refractivity contribution in [2.24, 2.45) is 28.4 Å². The van der Waals surface area contributed by atoms with Gasteiger partial charge in [0.2, 0.25) is 5.91 Å². The Morgan fingerprint density at radius 3 is 2.37 bits per heavy atom. The first-order chi connectivity index (χ1) is 8.65. The first kappa shape index (κ1) is 14.8. The minimum atomic E-state index is 0.0154. The van der Waals surface area contributed by atoms with E-state index in [0.29, 0.717) is 11.8 Å². The summed E-state index contributed by atoms with van der Waals surface area (Å²) in [5.74, 6) is 0.927. The van der Waals surface area contributed by atoms with Crippen LogP contribution in [0.5, 0.6) is 0 Å². The summed E-state index contributed by atoms with van der Waals surface area (Å²) >= 11 is 0. The van der Waals surface area contributed by atoms with Crippen LogP contribution < -0.4 is 5.73 Å². The van der Waals surface area contributed by atoms with E-state index in [2.05, 4.69) is 39.5 Å². The largest absolute Gasteiger partial charge is 0.342 e. The number of nitrogens with two attached hydrogens (primary N) is 1. The van der Waals surface area contributed by atoms with E-state index in [9.17, 15) is 4.79 Å². The lowest BCUT2D eigenvalue weighted by molar-refractivity contribution is -0.142. The monoisotopic (exact) mass is 266 g/mol. The highest BCUT2D eigenvalue weighted by atomic mass is 16.2. The average molecular weight is 266 g/mol. The van der Waals surface area contributed by atoms with E-state index in [1.807, 2.05) is 0 Å². The minimum Gasteiger partial charge on any atom is -0.342 e. The third-order valence-corrected chi connectivity index (χ3v) is 5.79. The lowest BCUT2D eigenvalue weighted by Crippen LogP contribution is -2.52. The predicted molar refractivity (Wildman–Crippen MR) is 78.6 cm³/mol. The zero-order valence-corrected chi connectivity index (χ0v) is 13.2. The quantitative estimate of drug-likeness (QED) is 0.793. The molecule has 0 bridgehead atoms. The number of carbonyl (C=O) groups excluding carboxylic acids is 1. The molecule has 0 radical (unpaired) electrons. The summed E-state index contributed by atoms with van der Waals surface area (Å²) in [5.41, 5.74) is 6.49. The number of rotatable bonds is 1. The van der Waals surface area contributed by atoms with E-state index >= 15 is 0 Å². The van der Waals surface area contributed by atoms with Gasteiger partial charge >= 0.3 is 0 Å². The Labute approximate surface area is 117 Å². The molecule has 0 aromatic rings. The topological polar surface area (TPSA) is 46.3 Å². The second kappa shape index (κ2) is 4.76. The number of hydrogen-bond donors (Lipinski definition) is 1. The van der Waals surface area contributed by atoms with Crippen molar-refractivity contribution < 1.29 is 4.79 Å². The second-order valence-electron chi connectivity index (χ2n) is 8.08. The van der Waals surface area contributed by atoms with Crippen molar-refractivity contribution in [1.82, 2.24) is 4.90 Å². The molecular weight excluding hydrogens is 236 g/mol. The summed E-state index contributed by atoms with van der Waals surface area (Å²) in [4.78, 5) is 14.9. The van der Waals surface area contributed by atoms with Gasteiger partial charge in [-0.1, -0.05) is 34.6 Å². The van der Waals surface area contributed by atoms with Crippen LogP contribution in [0, 0.1) is 22.7 Å². The Morgan fingerprint density at radius 1 is 1.21 bits per heavy atom. The third-order valence-electron chi connectivity index (χ3n) is 5.79. The van der Waals surface area contributed by atoms with Gasteiger partial charge in [-0.05, 0) is 36.0 Å². The summed E-state index contributed by atoms with van der Waals surface area (Å²) in [5, 5.41) is 0. The molecule has 1 saturated carbocycles. The van der Waals surface area contributed by atoms with E-state index in [1.54, 1.807) is 0 Å². The van der Waals surface area contributed by atoms with Crippen LogP contribution in [0.15, 0.2) is 0 Å². The van der Waals surface area contributed by atoms with Crippen molar-refractivity contribution in [3.63, 3.8) is 0 Å². The van der Waals surface area contributed by atoms with Gasteiger partial charge < -0.3 is 10.6 Å². The van der Waals surface area contributed by atoms with Crippen LogP contribution in [0.25, 0.3) is 0 Å². The highest BCUT2D eigenvalue weighted by Crippen LogP contribution is 2.46. The van der Waals surface area contributed by atoms with Gasteiger partial charge in [0.25, 0.3) is 0 Å². The number of amides is 1. The molecule has 1 aliphatic carbocycles. The fraction of sp³-hybridized carbons (Fsp3) is 0.938. The Hall–Kier alpha value is -0.570. The van der Waals surface area contributed by atoms with Crippen LogP contribution in [-0.4, -0.2) is 29.9 Å². The van der Waals surface area contributed by atoms with Gasteiger partial charge in [0.15, 0.2) is 0 Å². The van der Waals surface area contributed by atoms with Gasteiger partial charge in [0, 0.05) is 25.0 Å². The second-order valence-corrected chi connectivity index (χ2v) is 8.08. The zero-order chi connectivity index (χ0) is 14.4. The Balaban J connectivity index is 2.11. The van der Waals surface area contributed by atoms with Gasteiger partial charge in [0.05, 0.1) is 0 Å². The molecule has 3 nitrogen and oxygen atoms in total. The van der Waals surface area contributed by atoms with E-state index in [0.717, 1.165) is 32.4 Å². The first-order valence-corrected chi connectivity index (χ1v) is 7.69. The maximum Gasteiger partial charge on any atom is 0.226 e. The number of nitrogens with zero attached hydrogens (tertiary/aromatic N) is 1. The normalized spacial score (nSPS) is 37.4. The van der Waals surface area contributed by atoms with Gasteiger partial charge in [-0.3, -0.25) is 4.79 Å². The smallest absolute Gasteiger partial charge is 0.226 e. The maximum atomic E-state index is 12.8. The van der Waals surface area contributed by atoms with Crippen LogP contribution in [0.2, 0.25) is 0 Å². The molecule has 19 heavy (non-hydrogen) atoms. The van der Waals surface area contributed by atoms with Gasteiger partial charge in [-0.2, -0.15) is 0 Å². The van der Waals surface area contributed by atoms with E-state index in [4.69, 9.17) is 5.73 Å². The van der Waals surface area contributed by atoms with Gasteiger partial charge in [-0.15, -0.1) is 0 Å². The molecule has 0 aromatic heterocycles. The lowest BCUT2D eigenvalue weighted by atomic mass is 9.60. The Kier molecular flexibility index (Phi) is 3.72. The van der Waals surface area contributed by atoms with E-state index in [-0.39, 0.29) is 22.8 Å². The number of hydrogen-bond acceptors (Lipinski definition) is 2. The molecule has 0 spiro atoms. The molecule has 2 aliphatic rings. The van der Waals surface area contributed by atoms with Crippen LogP contribution in [0.4, 0.5) is 0 Å². The molecule has 0 aromatic carbocycles. The molecule has 3 atom stereocenters. The molecule has 2 rings (SSSR count).